The highest BCUT2D eigenvalue weighted by molar-refractivity contribution is 4.86. The minimum absolute atomic E-state index is 0.396. The average molecular weight is 240 g/mol. The molecule has 2 atom stereocenters. The molecule has 17 heavy (non-hydrogen) atoms. The van der Waals surface area contributed by atoms with E-state index in [2.05, 4.69) is 10.2 Å². The monoisotopic (exact) mass is 240 g/mol. The van der Waals surface area contributed by atoms with Gasteiger partial charge in [0.2, 0.25) is 0 Å². The molecule has 4 nitrogen and oxygen atoms in total. The Labute approximate surface area is 104 Å². The van der Waals surface area contributed by atoms with E-state index in [9.17, 15) is 0 Å². The summed E-state index contributed by atoms with van der Waals surface area (Å²) in [5.41, 5.74) is 0. The average Bonchev–Trinajstić information content (AvgIpc) is 2.85. The van der Waals surface area contributed by atoms with Crippen molar-refractivity contribution >= 4 is 0 Å². The van der Waals surface area contributed by atoms with Crippen LogP contribution >= 0.6 is 0 Å². The van der Waals surface area contributed by atoms with Gasteiger partial charge in [0.25, 0.3) is 0 Å². The lowest BCUT2D eigenvalue weighted by Gasteiger charge is -2.36. The second kappa shape index (κ2) is 5.65. The molecule has 0 radical (unpaired) electrons. The van der Waals surface area contributed by atoms with Crippen molar-refractivity contribution in [2.45, 2.75) is 43.9 Å². The maximum atomic E-state index is 5.95. The Kier molecular flexibility index (Phi) is 3.96. The number of hydrogen-bond donors (Lipinski definition) is 1. The molecule has 4 heteroatoms. The van der Waals surface area contributed by atoms with Gasteiger partial charge < -0.3 is 14.8 Å². The van der Waals surface area contributed by atoms with Crippen molar-refractivity contribution in [2.75, 3.05) is 39.5 Å². The molecule has 0 saturated carbocycles. The minimum atomic E-state index is 0.396. The molecule has 0 bridgehead atoms. The fourth-order valence-corrected chi connectivity index (χ4v) is 3.21. The second-order valence-electron chi connectivity index (χ2n) is 5.54. The summed E-state index contributed by atoms with van der Waals surface area (Å²) in [7, 11) is 0. The van der Waals surface area contributed by atoms with Gasteiger partial charge in [-0.15, -0.1) is 0 Å². The van der Waals surface area contributed by atoms with Gasteiger partial charge in [-0.25, -0.2) is 0 Å². The Hall–Kier alpha value is -0.160. The van der Waals surface area contributed by atoms with Crippen LogP contribution in [0.15, 0.2) is 0 Å². The number of nitrogens with zero attached hydrogens (tertiary/aromatic N) is 1. The lowest BCUT2D eigenvalue weighted by Crippen LogP contribution is -2.51. The van der Waals surface area contributed by atoms with Crippen LogP contribution in [0, 0.1) is 0 Å². The van der Waals surface area contributed by atoms with E-state index in [4.69, 9.17) is 9.47 Å². The molecule has 0 spiro atoms. The highest BCUT2D eigenvalue weighted by Crippen LogP contribution is 2.22. The first kappa shape index (κ1) is 11.9. The molecule has 0 amide bonds. The van der Waals surface area contributed by atoms with Gasteiger partial charge in [-0.05, 0) is 32.2 Å². The zero-order chi connectivity index (χ0) is 11.5. The van der Waals surface area contributed by atoms with E-state index in [0.29, 0.717) is 18.2 Å². The maximum Gasteiger partial charge on any atom is 0.0827 e. The first-order valence-corrected chi connectivity index (χ1v) is 7.08. The standard InChI is InChI=1S/C13H24N2O2/c1-2-12-10-17-13(9-15(12)5-1)8-14-11-3-6-16-7-4-11/h11-14H,1-10H2. The maximum absolute atomic E-state index is 5.95. The Bertz CT molecular complexity index is 244. The molecule has 1 N–H and O–H groups in total. The van der Waals surface area contributed by atoms with E-state index in [1.165, 1.54) is 19.4 Å². The first-order valence-electron chi connectivity index (χ1n) is 7.08. The van der Waals surface area contributed by atoms with Crippen LogP contribution in [0.2, 0.25) is 0 Å². The Morgan fingerprint density at radius 1 is 1.18 bits per heavy atom. The van der Waals surface area contributed by atoms with Crippen LogP contribution in [0.4, 0.5) is 0 Å². The van der Waals surface area contributed by atoms with Crippen LogP contribution in [0.5, 0.6) is 0 Å². The molecule has 3 rings (SSSR count). The van der Waals surface area contributed by atoms with Crippen molar-refractivity contribution in [3.8, 4) is 0 Å². The predicted molar refractivity (Wildman–Crippen MR) is 66.2 cm³/mol. The summed E-state index contributed by atoms with van der Waals surface area (Å²) in [6.45, 7) is 6.19. The van der Waals surface area contributed by atoms with Crippen LogP contribution in [0.1, 0.15) is 25.7 Å². The fourth-order valence-electron chi connectivity index (χ4n) is 3.21. The van der Waals surface area contributed by atoms with Crippen molar-refractivity contribution in [3.63, 3.8) is 0 Å². The van der Waals surface area contributed by atoms with E-state index in [1.54, 1.807) is 0 Å². The third kappa shape index (κ3) is 2.99. The molecule has 3 aliphatic heterocycles. The van der Waals surface area contributed by atoms with Crippen molar-refractivity contribution in [2.24, 2.45) is 0 Å². The van der Waals surface area contributed by atoms with Gasteiger partial charge in [-0.1, -0.05) is 0 Å². The van der Waals surface area contributed by atoms with E-state index >= 15 is 0 Å². The molecule has 0 aromatic carbocycles. The molecule has 0 aromatic rings. The van der Waals surface area contributed by atoms with Crippen molar-refractivity contribution < 1.29 is 9.47 Å². The zero-order valence-electron chi connectivity index (χ0n) is 10.6. The molecule has 0 aliphatic carbocycles. The number of morpholine rings is 1. The summed E-state index contributed by atoms with van der Waals surface area (Å²) in [5.74, 6) is 0. The van der Waals surface area contributed by atoms with Gasteiger partial charge in [-0.2, -0.15) is 0 Å². The highest BCUT2D eigenvalue weighted by Gasteiger charge is 2.32. The van der Waals surface area contributed by atoms with E-state index in [0.717, 1.165) is 45.8 Å². The number of fused-ring (bicyclic) bond motifs is 1. The largest absolute Gasteiger partial charge is 0.381 e. The summed E-state index contributed by atoms with van der Waals surface area (Å²) in [6, 6.07) is 1.36. The molecular formula is C13H24N2O2. The molecule has 3 heterocycles. The van der Waals surface area contributed by atoms with Gasteiger partial charge in [0.1, 0.15) is 0 Å². The lowest BCUT2D eigenvalue weighted by molar-refractivity contribution is -0.0492. The molecule has 3 fully saturated rings. The molecule has 3 aliphatic rings. The number of hydrogen-bond acceptors (Lipinski definition) is 4. The Morgan fingerprint density at radius 2 is 2.06 bits per heavy atom. The van der Waals surface area contributed by atoms with Crippen LogP contribution in [0.3, 0.4) is 0 Å². The van der Waals surface area contributed by atoms with Crippen LogP contribution in [-0.2, 0) is 9.47 Å². The smallest absolute Gasteiger partial charge is 0.0827 e. The fraction of sp³-hybridized carbons (Fsp3) is 1.00. The number of rotatable bonds is 3. The van der Waals surface area contributed by atoms with Crippen LogP contribution in [-0.4, -0.2) is 62.5 Å². The second-order valence-corrected chi connectivity index (χ2v) is 5.54. The van der Waals surface area contributed by atoms with Crippen molar-refractivity contribution in [1.29, 1.82) is 0 Å². The SMILES string of the molecule is C1CC2COC(CNC3CCOCC3)CN2C1. The summed E-state index contributed by atoms with van der Waals surface area (Å²) < 4.78 is 11.3. The van der Waals surface area contributed by atoms with Crippen LogP contribution in [0.25, 0.3) is 0 Å². The van der Waals surface area contributed by atoms with Gasteiger partial charge in [-0.3, -0.25) is 4.90 Å². The highest BCUT2D eigenvalue weighted by atomic mass is 16.5. The minimum Gasteiger partial charge on any atom is -0.381 e. The molecule has 0 aromatic heterocycles. The van der Waals surface area contributed by atoms with Gasteiger partial charge in [0.05, 0.1) is 12.7 Å². The molecule has 3 saturated heterocycles. The summed E-state index contributed by atoms with van der Waals surface area (Å²) >= 11 is 0. The third-order valence-corrected chi connectivity index (χ3v) is 4.32. The van der Waals surface area contributed by atoms with E-state index < -0.39 is 0 Å². The quantitative estimate of drug-likeness (QED) is 0.784. The lowest BCUT2D eigenvalue weighted by atomic mass is 10.1. The van der Waals surface area contributed by atoms with Crippen molar-refractivity contribution in [1.82, 2.24) is 10.2 Å². The van der Waals surface area contributed by atoms with Gasteiger partial charge >= 0.3 is 0 Å². The van der Waals surface area contributed by atoms with E-state index in [-0.39, 0.29) is 0 Å². The molecular weight excluding hydrogens is 216 g/mol. The Balaban J connectivity index is 1.40. The summed E-state index contributed by atoms with van der Waals surface area (Å²) in [5, 5.41) is 3.64. The first-order chi connectivity index (χ1) is 8.42. The number of nitrogens with one attached hydrogen (secondary N) is 1. The zero-order valence-corrected chi connectivity index (χ0v) is 10.6. The molecule has 98 valence electrons. The van der Waals surface area contributed by atoms with E-state index in [1.807, 2.05) is 0 Å². The summed E-state index contributed by atoms with van der Waals surface area (Å²) in [4.78, 5) is 2.61. The molecule has 2 unspecified atom stereocenters. The van der Waals surface area contributed by atoms with Gasteiger partial charge in [0.15, 0.2) is 0 Å². The normalized spacial score (nSPS) is 36.0. The van der Waals surface area contributed by atoms with Crippen LogP contribution < -0.4 is 5.32 Å². The predicted octanol–water partition coefficient (Wildman–Crippen LogP) is 0.618. The van der Waals surface area contributed by atoms with Crippen molar-refractivity contribution in [3.05, 3.63) is 0 Å². The number of ether oxygens (including phenoxy) is 2. The summed E-state index contributed by atoms with van der Waals surface area (Å²) in [6.07, 6.45) is 5.39. The third-order valence-electron chi connectivity index (χ3n) is 4.32. The van der Waals surface area contributed by atoms with Gasteiger partial charge in [0, 0.05) is 38.4 Å². The Morgan fingerprint density at radius 3 is 2.94 bits per heavy atom. The topological polar surface area (TPSA) is 33.7 Å².